The predicted octanol–water partition coefficient (Wildman–Crippen LogP) is 0.464. The minimum absolute atomic E-state index is 0.0427. The fourth-order valence-corrected chi connectivity index (χ4v) is 3.70. The van der Waals surface area contributed by atoms with Gasteiger partial charge in [0.25, 0.3) is 5.56 Å². The molecule has 136 valence electrons. The number of carbonyl (C=O) groups excluding carboxylic acids is 1. The molecule has 0 radical (unpaired) electrons. The molecule has 3 rings (SSSR count). The van der Waals surface area contributed by atoms with E-state index in [0.717, 1.165) is 5.56 Å². The topological polar surface area (TPSA) is 124 Å². The van der Waals surface area contributed by atoms with E-state index in [9.17, 15) is 18.0 Å². The average Bonchev–Trinajstić information content (AvgIpc) is 3.07. The lowest BCUT2D eigenvalue weighted by Crippen LogP contribution is -2.33. The lowest BCUT2D eigenvalue weighted by Gasteiger charge is -2.07. The van der Waals surface area contributed by atoms with E-state index in [2.05, 4.69) is 10.3 Å². The van der Waals surface area contributed by atoms with Crippen molar-refractivity contribution in [3.8, 4) is 0 Å². The normalized spacial score (nSPS) is 11.6. The molecule has 8 nitrogen and oxygen atoms in total. The highest BCUT2D eigenvalue weighted by Gasteiger charge is 2.09. The van der Waals surface area contributed by atoms with Gasteiger partial charge in [-0.3, -0.25) is 14.2 Å². The standard InChI is InChI=1S/C16H16N4O4S2/c17-26(23,24)12-3-1-11(2-4-12)5-7-18-14(21)9-20-10-19-13-6-8-25-15(13)16(20)22/h1-4,6,8,10H,5,7,9H2,(H,18,21)(H2,17,23,24). The maximum Gasteiger partial charge on any atom is 0.271 e. The highest BCUT2D eigenvalue weighted by molar-refractivity contribution is 7.89. The SMILES string of the molecule is NS(=O)(=O)c1ccc(CCNC(=O)Cn2cnc3ccsc3c2=O)cc1. The molecule has 0 aliphatic carbocycles. The fourth-order valence-electron chi connectivity index (χ4n) is 2.39. The van der Waals surface area contributed by atoms with Gasteiger partial charge in [-0.05, 0) is 35.6 Å². The molecule has 3 aromatic rings. The van der Waals surface area contributed by atoms with Gasteiger partial charge in [0.15, 0.2) is 0 Å². The van der Waals surface area contributed by atoms with E-state index < -0.39 is 10.0 Å². The summed E-state index contributed by atoms with van der Waals surface area (Å²) in [5, 5.41) is 9.55. The molecule has 2 aromatic heterocycles. The Morgan fingerprint density at radius 2 is 1.96 bits per heavy atom. The summed E-state index contributed by atoms with van der Waals surface area (Å²) >= 11 is 1.29. The Morgan fingerprint density at radius 3 is 2.65 bits per heavy atom. The van der Waals surface area contributed by atoms with Crippen molar-refractivity contribution in [1.29, 1.82) is 0 Å². The van der Waals surface area contributed by atoms with E-state index in [4.69, 9.17) is 5.14 Å². The van der Waals surface area contributed by atoms with Gasteiger partial charge >= 0.3 is 0 Å². The van der Waals surface area contributed by atoms with E-state index in [-0.39, 0.29) is 22.9 Å². The van der Waals surface area contributed by atoms with Crippen LogP contribution in [0.2, 0.25) is 0 Å². The van der Waals surface area contributed by atoms with E-state index in [1.54, 1.807) is 23.6 Å². The van der Waals surface area contributed by atoms with Crippen molar-refractivity contribution >= 4 is 37.5 Å². The molecule has 26 heavy (non-hydrogen) atoms. The van der Waals surface area contributed by atoms with Gasteiger partial charge in [0, 0.05) is 6.54 Å². The molecule has 1 aromatic carbocycles. The maximum absolute atomic E-state index is 12.2. The van der Waals surface area contributed by atoms with Crippen LogP contribution in [0.3, 0.4) is 0 Å². The summed E-state index contributed by atoms with van der Waals surface area (Å²) in [6.45, 7) is 0.251. The van der Waals surface area contributed by atoms with E-state index >= 15 is 0 Å². The van der Waals surface area contributed by atoms with E-state index in [0.29, 0.717) is 23.2 Å². The largest absolute Gasteiger partial charge is 0.354 e. The Bertz CT molecular complexity index is 1100. The highest BCUT2D eigenvalue weighted by atomic mass is 32.2. The number of thiophene rings is 1. The van der Waals surface area contributed by atoms with E-state index in [1.807, 2.05) is 0 Å². The molecule has 0 aliphatic rings. The van der Waals surface area contributed by atoms with Crippen LogP contribution in [0.4, 0.5) is 0 Å². The fraction of sp³-hybridized carbons (Fsp3) is 0.188. The molecule has 3 N–H and O–H groups in total. The van der Waals surface area contributed by atoms with Gasteiger partial charge in [-0.15, -0.1) is 11.3 Å². The van der Waals surface area contributed by atoms with Crippen LogP contribution in [-0.4, -0.2) is 30.4 Å². The molecule has 0 atom stereocenters. The number of nitrogens with zero attached hydrogens (tertiary/aromatic N) is 2. The molecule has 0 saturated heterocycles. The molecule has 10 heteroatoms. The van der Waals surface area contributed by atoms with Crippen LogP contribution in [0.15, 0.2) is 51.7 Å². The monoisotopic (exact) mass is 392 g/mol. The second-order valence-corrected chi connectivity index (χ2v) is 8.08. The molecule has 1 amide bonds. The first-order chi connectivity index (χ1) is 12.3. The molecule has 0 unspecified atom stereocenters. The predicted molar refractivity (Wildman–Crippen MR) is 98.4 cm³/mol. The number of primary sulfonamides is 1. The molecular formula is C16H16N4O4S2. The van der Waals surface area contributed by atoms with Crippen molar-refractivity contribution < 1.29 is 13.2 Å². The lowest BCUT2D eigenvalue weighted by atomic mass is 10.1. The van der Waals surface area contributed by atoms with Crippen LogP contribution in [0.5, 0.6) is 0 Å². The summed E-state index contributed by atoms with van der Waals surface area (Å²) in [6, 6.07) is 7.89. The number of amides is 1. The van der Waals surface area contributed by atoms with Gasteiger partial charge in [0.1, 0.15) is 11.2 Å². The van der Waals surface area contributed by atoms with Crippen LogP contribution >= 0.6 is 11.3 Å². The number of sulfonamides is 1. The summed E-state index contributed by atoms with van der Waals surface area (Å²) in [4.78, 5) is 28.4. The quantitative estimate of drug-likeness (QED) is 0.631. The van der Waals surface area contributed by atoms with Gasteiger partial charge in [0.2, 0.25) is 15.9 Å². The van der Waals surface area contributed by atoms with Crippen molar-refractivity contribution in [2.24, 2.45) is 5.14 Å². The Labute approximate surface area is 153 Å². The number of nitrogens with one attached hydrogen (secondary N) is 1. The second-order valence-electron chi connectivity index (χ2n) is 5.60. The average molecular weight is 392 g/mol. The van der Waals surface area contributed by atoms with Gasteiger partial charge in [0.05, 0.1) is 16.7 Å². The summed E-state index contributed by atoms with van der Waals surface area (Å²) in [5.74, 6) is -0.300. The van der Waals surface area contributed by atoms with Crippen LogP contribution in [-0.2, 0) is 27.8 Å². The zero-order valence-electron chi connectivity index (χ0n) is 13.6. The Morgan fingerprint density at radius 1 is 1.23 bits per heavy atom. The smallest absolute Gasteiger partial charge is 0.271 e. The number of hydrogen-bond acceptors (Lipinski definition) is 6. The van der Waals surface area contributed by atoms with Crippen molar-refractivity contribution in [3.63, 3.8) is 0 Å². The third-order valence-electron chi connectivity index (χ3n) is 3.74. The maximum atomic E-state index is 12.2. The van der Waals surface area contributed by atoms with Crippen LogP contribution in [0.1, 0.15) is 5.56 Å². The van der Waals surface area contributed by atoms with Gasteiger partial charge in [-0.25, -0.2) is 18.5 Å². The third-order valence-corrected chi connectivity index (χ3v) is 5.56. The first-order valence-corrected chi connectivity index (χ1v) is 10.1. The van der Waals surface area contributed by atoms with Gasteiger partial charge in [-0.1, -0.05) is 12.1 Å². The van der Waals surface area contributed by atoms with Crippen LogP contribution in [0.25, 0.3) is 10.2 Å². The Balaban J connectivity index is 1.55. The minimum Gasteiger partial charge on any atom is -0.354 e. The van der Waals surface area contributed by atoms with E-state index in [1.165, 1.54) is 34.4 Å². The molecule has 2 heterocycles. The van der Waals surface area contributed by atoms with Crippen molar-refractivity contribution in [2.75, 3.05) is 6.54 Å². The summed E-state index contributed by atoms with van der Waals surface area (Å²) in [6.07, 6.45) is 1.89. The number of rotatable bonds is 6. The van der Waals surface area contributed by atoms with Crippen molar-refractivity contribution in [1.82, 2.24) is 14.9 Å². The number of hydrogen-bond donors (Lipinski definition) is 2. The summed E-state index contributed by atoms with van der Waals surface area (Å²) in [7, 11) is -3.71. The van der Waals surface area contributed by atoms with Crippen LogP contribution in [0, 0.1) is 0 Å². The molecule has 0 saturated carbocycles. The Kier molecular flexibility index (Phi) is 5.16. The second kappa shape index (κ2) is 7.36. The van der Waals surface area contributed by atoms with Gasteiger partial charge in [-0.2, -0.15) is 0 Å². The molecular weight excluding hydrogens is 376 g/mol. The Hall–Kier alpha value is -2.56. The van der Waals surface area contributed by atoms with Gasteiger partial charge < -0.3 is 5.32 Å². The summed E-state index contributed by atoms with van der Waals surface area (Å²) in [5.41, 5.74) is 1.25. The number of fused-ring (bicyclic) bond motifs is 1. The number of aromatic nitrogens is 2. The lowest BCUT2D eigenvalue weighted by molar-refractivity contribution is -0.121. The van der Waals surface area contributed by atoms with Crippen molar-refractivity contribution in [2.45, 2.75) is 17.9 Å². The zero-order valence-corrected chi connectivity index (χ0v) is 15.2. The van der Waals surface area contributed by atoms with Crippen molar-refractivity contribution in [3.05, 3.63) is 58.0 Å². The summed E-state index contributed by atoms with van der Waals surface area (Å²) < 4.78 is 24.2. The zero-order chi connectivity index (χ0) is 18.7. The molecule has 0 aliphatic heterocycles. The first-order valence-electron chi connectivity index (χ1n) is 7.66. The number of benzene rings is 1. The highest BCUT2D eigenvalue weighted by Crippen LogP contribution is 2.13. The third kappa shape index (κ3) is 4.15. The first kappa shape index (κ1) is 18.2. The number of carbonyl (C=O) groups is 1. The molecule has 0 bridgehead atoms. The van der Waals surface area contributed by atoms with Crippen LogP contribution < -0.4 is 16.0 Å². The minimum atomic E-state index is -3.71. The number of nitrogens with two attached hydrogens (primary N) is 1. The molecule has 0 spiro atoms. The molecule has 0 fully saturated rings.